The van der Waals surface area contributed by atoms with Crippen molar-refractivity contribution in [1.82, 2.24) is 21.0 Å². The standard InChI is InChI=1S/C26H38N4O6/c1-6-27-26(33)29-36-17-23(31)28-18(4)24(32)30(19(5)25(34-7-2)35-8-3)16-21-14-11-13-20-12-9-10-15-22(20)21/h9-15,18-19,25H,6-8,16-17H2,1-5H3,(H,28,31)(H2,27,29,33)/t18-,19-/m0/s1. The van der Waals surface area contributed by atoms with Crippen molar-refractivity contribution in [3.05, 3.63) is 48.0 Å². The fourth-order valence-corrected chi connectivity index (χ4v) is 3.80. The molecule has 0 aliphatic heterocycles. The maximum Gasteiger partial charge on any atom is 0.338 e. The second kappa shape index (κ2) is 15.0. The molecule has 4 amide bonds. The highest BCUT2D eigenvalue weighted by Crippen LogP contribution is 2.23. The van der Waals surface area contributed by atoms with Gasteiger partial charge in [-0.15, -0.1) is 0 Å². The van der Waals surface area contributed by atoms with Crippen LogP contribution in [0.2, 0.25) is 0 Å². The van der Waals surface area contributed by atoms with Gasteiger partial charge in [0.05, 0.1) is 6.04 Å². The molecule has 0 unspecified atom stereocenters. The van der Waals surface area contributed by atoms with Gasteiger partial charge in [-0.3, -0.25) is 14.4 Å². The molecule has 10 nitrogen and oxygen atoms in total. The number of amides is 4. The number of carbonyl (C=O) groups excluding carboxylic acids is 3. The molecule has 0 aliphatic rings. The van der Waals surface area contributed by atoms with Gasteiger partial charge in [0.2, 0.25) is 11.8 Å². The van der Waals surface area contributed by atoms with Crippen LogP contribution in [0.15, 0.2) is 42.5 Å². The van der Waals surface area contributed by atoms with Crippen LogP contribution < -0.4 is 16.1 Å². The molecule has 0 radical (unpaired) electrons. The maximum atomic E-state index is 13.6. The molecule has 0 aromatic heterocycles. The highest BCUT2D eigenvalue weighted by atomic mass is 16.7. The van der Waals surface area contributed by atoms with Crippen molar-refractivity contribution in [2.75, 3.05) is 26.4 Å². The van der Waals surface area contributed by atoms with E-state index in [2.05, 4.69) is 16.1 Å². The molecule has 0 heterocycles. The van der Waals surface area contributed by atoms with E-state index in [9.17, 15) is 14.4 Å². The van der Waals surface area contributed by atoms with Crippen LogP contribution in [0.3, 0.4) is 0 Å². The summed E-state index contributed by atoms with van der Waals surface area (Å²) < 4.78 is 11.6. The number of rotatable bonds is 14. The molecule has 2 aromatic rings. The number of nitrogens with one attached hydrogen (secondary N) is 3. The molecule has 36 heavy (non-hydrogen) atoms. The zero-order valence-corrected chi connectivity index (χ0v) is 21.7. The molecule has 0 bridgehead atoms. The van der Waals surface area contributed by atoms with Crippen LogP contribution in [0, 0.1) is 0 Å². The second-order valence-corrected chi connectivity index (χ2v) is 8.16. The van der Waals surface area contributed by atoms with E-state index in [-0.39, 0.29) is 5.91 Å². The largest absolute Gasteiger partial charge is 0.351 e. The molecule has 0 spiro atoms. The first kappa shape index (κ1) is 29.0. The summed E-state index contributed by atoms with van der Waals surface area (Å²) in [5.74, 6) is -0.846. The third-order valence-electron chi connectivity index (χ3n) is 5.50. The Hall–Kier alpha value is -3.21. The quantitative estimate of drug-likeness (QED) is 0.270. The first-order valence-corrected chi connectivity index (χ1v) is 12.3. The third-order valence-corrected chi connectivity index (χ3v) is 5.50. The van der Waals surface area contributed by atoms with E-state index in [0.29, 0.717) is 26.3 Å². The predicted octanol–water partition coefficient (Wildman–Crippen LogP) is 2.71. The van der Waals surface area contributed by atoms with Gasteiger partial charge in [-0.25, -0.2) is 10.3 Å². The van der Waals surface area contributed by atoms with Crippen LogP contribution in [0.4, 0.5) is 4.79 Å². The number of fused-ring (bicyclic) bond motifs is 1. The van der Waals surface area contributed by atoms with Crippen LogP contribution in [-0.4, -0.2) is 67.5 Å². The molecule has 3 N–H and O–H groups in total. The van der Waals surface area contributed by atoms with E-state index >= 15 is 0 Å². The predicted molar refractivity (Wildman–Crippen MR) is 137 cm³/mol. The van der Waals surface area contributed by atoms with E-state index in [1.165, 1.54) is 0 Å². The lowest BCUT2D eigenvalue weighted by molar-refractivity contribution is -0.179. The van der Waals surface area contributed by atoms with Crippen LogP contribution in [0.25, 0.3) is 10.8 Å². The summed E-state index contributed by atoms with van der Waals surface area (Å²) in [6.07, 6.45) is -0.633. The van der Waals surface area contributed by atoms with E-state index < -0.39 is 36.9 Å². The number of nitrogens with zero attached hydrogens (tertiary/aromatic N) is 1. The number of hydrogen-bond donors (Lipinski definition) is 3. The Balaban J connectivity index is 2.20. The van der Waals surface area contributed by atoms with Gasteiger partial charge in [-0.1, -0.05) is 42.5 Å². The summed E-state index contributed by atoms with van der Waals surface area (Å²) in [5, 5.41) is 7.23. The average molecular weight is 503 g/mol. The van der Waals surface area contributed by atoms with Crippen molar-refractivity contribution in [2.24, 2.45) is 0 Å². The molecule has 198 valence electrons. The molecular weight excluding hydrogens is 464 g/mol. The minimum Gasteiger partial charge on any atom is -0.351 e. The van der Waals surface area contributed by atoms with Crippen molar-refractivity contribution in [2.45, 2.75) is 59.5 Å². The summed E-state index contributed by atoms with van der Waals surface area (Å²) >= 11 is 0. The molecular formula is C26H38N4O6. The topological polar surface area (TPSA) is 118 Å². The van der Waals surface area contributed by atoms with Crippen molar-refractivity contribution in [3.63, 3.8) is 0 Å². The van der Waals surface area contributed by atoms with E-state index in [1.54, 1.807) is 18.7 Å². The van der Waals surface area contributed by atoms with Gasteiger partial charge in [0.1, 0.15) is 6.04 Å². The van der Waals surface area contributed by atoms with Gasteiger partial charge in [0.15, 0.2) is 12.9 Å². The highest BCUT2D eigenvalue weighted by Gasteiger charge is 2.32. The fourth-order valence-electron chi connectivity index (χ4n) is 3.80. The first-order valence-electron chi connectivity index (χ1n) is 12.3. The Morgan fingerprint density at radius 3 is 2.28 bits per heavy atom. The number of hydrogen-bond acceptors (Lipinski definition) is 6. The Kier molecular flexibility index (Phi) is 12.1. The Morgan fingerprint density at radius 2 is 1.61 bits per heavy atom. The van der Waals surface area contributed by atoms with Crippen LogP contribution in [-0.2, 0) is 30.4 Å². The lowest BCUT2D eigenvalue weighted by Gasteiger charge is -2.36. The molecule has 0 saturated carbocycles. The molecule has 2 aromatic carbocycles. The van der Waals surface area contributed by atoms with Gasteiger partial charge in [-0.05, 0) is 51.0 Å². The molecule has 0 fully saturated rings. The Labute approximate surface area is 212 Å². The number of hydroxylamine groups is 1. The summed E-state index contributed by atoms with van der Waals surface area (Å²) in [7, 11) is 0. The zero-order valence-electron chi connectivity index (χ0n) is 21.7. The Morgan fingerprint density at radius 1 is 0.944 bits per heavy atom. The molecule has 10 heteroatoms. The minimum absolute atomic E-state index is 0.299. The molecule has 2 atom stereocenters. The molecule has 2 rings (SSSR count). The van der Waals surface area contributed by atoms with Gasteiger partial charge in [-0.2, -0.15) is 0 Å². The van der Waals surface area contributed by atoms with Crippen LogP contribution >= 0.6 is 0 Å². The van der Waals surface area contributed by atoms with Gasteiger partial charge in [0, 0.05) is 26.3 Å². The van der Waals surface area contributed by atoms with Crippen LogP contribution in [0.1, 0.15) is 40.2 Å². The lowest BCUT2D eigenvalue weighted by Crippen LogP contribution is -2.54. The zero-order chi connectivity index (χ0) is 26.5. The molecule has 0 aliphatic carbocycles. The van der Waals surface area contributed by atoms with E-state index in [4.69, 9.17) is 14.3 Å². The molecule has 0 saturated heterocycles. The lowest BCUT2D eigenvalue weighted by atomic mass is 10.0. The smallest absolute Gasteiger partial charge is 0.338 e. The minimum atomic E-state index is -0.855. The first-order chi connectivity index (χ1) is 17.3. The average Bonchev–Trinajstić information content (AvgIpc) is 2.86. The summed E-state index contributed by atoms with van der Waals surface area (Å²) in [5.41, 5.74) is 3.08. The third kappa shape index (κ3) is 8.47. The van der Waals surface area contributed by atoms with Crippen LogP contribution in [0.5, 0.6) is 0 Å². The number of urea groups is 1. The number of ether oxygens (including phenoxy) is 2. The van der Waals surface area contributed by atoms with Gasteiger partial charge < -0.3 is 25.0 Å². The summed E-state index contributed by atoms with van der Waals surface area (Å²) in [6, 6.07) is 12.1. The number of carbonyl (C=O) groups is 3. The van der Waals surface area contributed by atoms with Crippen molar-refractivity contribution < 1.29 is 28.7 Å². The van der Waals surface area contributed by atoms with E-state index in [0.717, 1.165) is 16.3 Å². The van der Waals surface area contributed by atoms with Gasteiger partial charge in [0.25, 0.3) is 0 Å². The summed E-state index contributed by atoms with van der Waals surface area (Å²) in [4.78, 5) is 43.9. The Bertz CT molecular complexity index is 990. The van der Waals surface area contributed by atoms with E-state index in [1.807, 2.05) is 63.2 Å². The maximum absolute atomic E-state index is 13.6. The normalized spacial score (nSPS) is 12.7. The fraction of sp³-hybridized carbons (Fsp3) is 0.500. The van der Waals surface area contributed by atoms with Crippen molar-refractivity contribution in [3.8, 4) is 0 Å². The monoisotopic (exact) mass is 502 g/mol. The van der Waals surface area contributed by atoms with Crippen molar-refractivity contribution >= 4 is 28.6 Å². The van der Waals surface area contributed by atoms with Crippen molar-refractivity contribution in [1.29, 1.82) is 0 Å². The van der Waals surface area contributed by atoms with Gasteiger partial charge >= 0.3 is 6.03 Å². The SMILES string of the molecule is CCNC(=O)NOCC(=O)N[C@@H](C)C(=O)N(Cc1cccc2ccccc12)[C@@H](C)C(OCC)OCC. The summed E-state index contributed by atoms with van der Waals surface area (Å²) in [6.45, 7) is 10.1. The second-order valence-electron chi connectivity index (χ2n) is 8.16. The number of benzene rings is 2. The highest BCUT2D eigenvalue weighted by molar-refractivity contribution is 5.89.